The smallest absolute Gasteiger partial charge is 0.127 e. The lowest BCUT2D eigenvalue weighted by atomic mass is 10.1. The Labute approximate surface area is 115 Å². The maximum Gasteiger partial charge on any atom is 0.127 e. The van der Waals surface area contributed by atoms with Crippen LogP contribution >= 0.6 is 0 Å². The molecule has 0 saturated carbocycles. The molecular formula is C16H23FN2. The largest absolute Gasteiger partial charge is 0.313 e. The van der Waals surface area contributed by atoms with Crippen molar-refractivity contribution in [1.82, 2.24) is 10.2 Å². The van der Waals surface area contributed by atoms with Crippen LogP contribution in [0.3, 0.4) is 0 Å². The van der Waals surface area contributed by atoms with Crippen molar-refractivity contribution in [3.63, 3.8) is 0 Å². The molecule has 1 N–H and O–H groups in total. The van der Waals surface area contributed by atoms with Crippen LogP contribution in [0, 0.1) is 5.82 Å². The molecule has 2 rings (SSSR count). The second-order valence-corrected chi connectivity index (χ2v) is 5.26. The van der Waals surface area contributed by atoms with Gasteiger partial charge < -0.3 is 5.32 Å². The molecule has 0 spiro atoms. The summed E-state index contributed by atoms with van der Waals surface area (Å²) in [6, 6.07) is 5.45. The van der Waals surface area contributed by atoms with E-state index in [9.17, 15) is 4.39 Å². The predicted molar refractivity (Wildman–Crippen MR) is 77.4 cm³/mol. The second-order valence-electron chi connectivity index (χ2n) is 5.26. The SMILES string of the molecule is CCNCc1ccc(F)c(CN2CCC=C(C)C2)c1. The van der Waals surface area contributed by atoms with Gasteiger partial charge in [0.1, 0.15) is 5.82 Å². The Morgan fingerprint density at radius 1 is 1.37 bits per heavy atom. The number of halogens is 1. The van der Waals surface area contributed by atoms with Gasteiger partial charge >= 0.3 is 0 Å². The molecule has 1 heterocycles. The zero-order chi connectivity index (χ0) is 13.7. The monoisotopic (exact) mass is 262 g/mol. The van der Waals surface area contributed by atoms with E-state index < -0.39 is 0 Å². The van der Waals surface area contributed by atoms with E-state index >= 15 is 0 Å². The van der Waals surface area contributed by atoms with Gasteiger partial charge in [0.05, 0.1) is 0 Å². The van der Waals surface area contributed by atoms with Gasteiger partial charge in [-0.2, -0.15) is 0 Å². The molecule has 104 valence electrons. The van der Waals surface area contributed by atoms with Crippen LogP contribution in [0.15, 0.2) is 29.8 Å². The molecule has 1 aliphatic heterocycles. The van der Waals surface area contributed by atoms with E-state index in [1.165, 1.54) is 5.57 Å². The van der Waals surface area contributed by atoms with Crippen molar-refractivity contribution in [2.75, 3.05) is 19.6 Å². The van der Waals surface area contributed by atoms with Crippen LogP contribution in [-0.4, -0.2) is 24.5 Å². The highest BCUT2D eigenvalue weighted by Crippen LogP contribution is 2.16. The Bertz CT molecular complexity index is 454. The number of hydrogen-bond donors (Lipinski definition) is 1. The molecule has 0 atom stereocenters. The van der Waals surface area contributed by atoms with Gasteiger partial charge in [-0.1, -0.05) is 30.7 Å². The van der Waals surface area contributed by atoms with Crippen molar-refractivity contribution >= 4 is 0 Å². The van der Waals surface area contributed by atoms with Gasteiger partial charge in [0.15, 0.2) is 0 Å². The molecule has 1 aromatic carbocycles. The van der Waals surface area contributed by atoms with Crippen LogP contribution < -0.4 is 5.32 Å². The van der Waals surface area contributed by atoms with Crippen molar-refractivity contribution in [1.29, 1.82) is 0 Å². The summed E-state index contributed by atoms with van der Waals surface area (Å²) < 4.78 is 13.9. The Balaban J connectivity index is 2.04. The first-order chi connectivity index (χ1) is 9.19. The van der Waals surface area contributed by atoms with Crippen molar-refractivity contribution in [2.24, 2.45) is 0 Å². The van der Waals surface area contributed by atoms with E-state index in [1.807, 2.05) is 12.1 Å². The lowest BCUT2D eigenvalue weighted by Crippen LogP contribution is -2.29. The Morgan fingerprint density at radius 2 is 2.21 bits per heavy atom. The predicted octanol–water partition coefficient (Wildman–Crippen LogP) is 3.09. The number of hydrogen-bond acceptors (Lipinski definition) is 2. The molecule has 19 heavy (non-hydrogen) atoms. The third-order valence-corrected chi connectivity index (χ3v) is 3.49. The van der Waals surface area contributed by atoms with E-state index in [-0.39, 0.29) is 5.82 Å². The Morgan fingerprint density at radius 3 is 2.95 bits per heavy atom. The second kappa shape index (κ2) is 6.83. The average molecular weight is 262 g/mol. The van der Waals surface area contributed by atoms with E-state index in [2.05, 4.69) is 30.1 Å². The number of nitrogens with zero attached hydrogens (tertiary/aromatic N) is 1. The van der Waals surface area contributed by atoms with Crippen LogP contribution in [0.2, 0.25) is 0 Å². The topological polar surface area (TPSA) is 15.3 Å². The molecule has 0 saturated heterocycles. The molecule has 0 aromatic heterocycles. The van der Waals surface area contributed by atoms with Crippen molar-refractivity contribution < 1.29 is 4.39 Å². The highest BCUT2D eigenvalue weighted by Gasteiger charge is 2.13. The van der Waals surface area contributed by atoms with Gasteiger partial charge in [0, 0.05) is 31.7 Å². The van der Waals surface area contributed by atoms with Gasteiger partial charge in [-0.15, -0.1) is 0 Å². The van der Waals surface area contributed by atoms with Crippen LogP contribution in [0.25, 0.3) is 0 Å². The fraction of sp³-hybridized carbons (Fsp3) is 0.500. The first-order valence-corrected chi connectivity index (χ1v) is 7.05. The van der Waals surface area contributed by atoms with Gasteiger partial charge in [-0.25, -0.2) is 4.39 Å². The van der Waals surface area contributed by atoms with Gasteiger partial charge in [-0.05, 0) is 31.5 Å². The zero-order valence-electron chi connectivity index (χ0n) is 11.9. The van der Waals surface area contributed by atoms with Gasteiger partial charge in [0.25, 0.3) is 0 Å². The van der Waals surface area contributed by atoms with Crippen molar-refractivity contribution in [2.45, 2.75) is 33.4 Å². The molecular weight excluding hydrogens is 239 g/mol. The fourth-order valence-electron chi connectivity index (χ4n) is 2.49. The minimum absolute atomic E-state index is 0.0903. The number of rotatable bonds is 5. The van der Waals surface area contributed by atoms with Gasteiger partial charge in [0.2, 0.25) is 0 Å². The van der Waals surface area contributed by atoms with E-state index in [0.29, 0.717) is 6.54 Å². The number of benzene rings is 1. The first kappa shape index (κ1) is 14.2. The summed E-state index contributed by atoms with van der Waals surface area (Å²) in [5.74, 6) is -0.0903. The molecule has 0 amide bonds. The lowest BCUT2D eigenvalue weighted by Gasteiger charge is -2.26. The van der Waals surface area contributed by atoms with E-state index in [0.717, 1.165) is 43.7 Å². The molecule has 2 nitrogen and oxygen atoms in total. The lowest BCUT2D eigenvalue weighted by molar-refractivity contribution is 0.278. The minimum Gasteiger partial charge on any atom is -0.313 e. The number of nitrogens with one attached hydrogen (secondary N) is 1. The Hall–Kier alpha value is -1.19. The highest BCUT2D eigenvalue weighted by molar-refractivity contribution is 5.25. The zero-order valence-corrected chi connectivity index (χ0v) is 11.9. The quantitative estimate of drug-likeness (QED) is 0.820. The maximum atomic E-state index is 13.9. The standard InChI is InChI=1S/C16H23FN2/c1-3-18-10-14-6-7-16(17)15(9-14)12-19-8-4-5-13(2)11-19/h5-7,9,18H,3-4,8,10-12H2,1-2H3. The molecule has 0 unspecified atom stereocenters. The van der Waals surface area contributed by atoms with Crippen molar-refractivity contribution in [3.8, 4) is 0 Å². The van der Waals surface area contributed by atoms with Crippen molar-refractivity contribution in [3.05, 3.63) is 46.8 Å². The highest BCUT2D eigenvalue weighted by atomic mass is 19.1. The minimum atomic E-state index is -0.0903. The summed E-state index contributed by atoms with van der Waals surface area (Å²) >= 11 is 0. The summed E-state index contributed by atoms with van der Waals surface area (Å²) in [4.78, 5) is 2.31. The molecule has 3 heteroatoms. The fourth-order valence-corrected chi connectivity index (χ4v) is 2.49. The van der Waals surface area contributed by atoms with E-state index in [1.54, 1.807) is 6.07 Å². The van der Waals surface area contributed by atoms with Crippen LogP contribution in [0.4, 0.5) is 4.39 Å². The third-order valence-electron chi connectivity index (χ3n) is 3.49. The summed E-state index contributed by atoms with van der Waals surface area (Å²) in [5, 5.41) is 3.28. The first-order valence-electron chi connectivity index (χ1n) is 7.05. The molecule has 1 aromatic rings. The van der Waals surface area contributed by atoms with Crippen LogP contribution in [-0.2, 0) is 13.1 Å². The molecule has 0 radical (unpaired) electrons. The summed E-state index contributed by atoms with van der Waals surface area (Å²) in [6.45, 7) is 8.64. The molecule has 1 aliphatic rings. The molecule has 0 fully saturated rings. The summed E-state index contributed by atoms with van der Waals surface area (Å²) in [5.41, 5.74) is 3.35. The molecule has 0 aliphatic carbocycles. The summed E-state index contributed by atoms with van der Waals surface area (Å²) in [7, 11) is 0. The van der Waals surface area contributed by atoms with Crippen LogP contribution in [0.5, 0.6) is 0 Å². The third kappa shape index (κ3) is 4.15. The van der Waals surface area contributed by atoms with E-state index in [4.69, 9.17) is 0 Å². The Kier molecular flexibility index (Phi) is 5.11. The van der Waals surface area contributed by atoms with Crippen LogP contribution in [0.1, 0.15) is 31.4 Å². The molecule has 0 bridgehead atoms. The normalized spacial score (nSPS) is 16.5. The summed E-state index contributed by atoms with van der Waals surface area (Å²) in [6.07, 6.45) is 3.35. The van der Waals surface area contributed by atoms with Gasteiger partial charge in [-0.3, -0.25) is 4.90 Å². The maximum absolute atomic E-state index is 13.9. The average Bonchev–Trinajstić information content (AvgIpc) is 2.40.